The Bertz CT molecular complexity index is 1170. The van der Waals surface area contributed by atoms with E-state index in [2.05, 4.69) is 48.1 Å². The van der Waals surface area contributed by atoms with E-state index in [9.17, 15) is 4.39 Å². The molecule has 0 spiro atoms. The number of nitrogens with zero attached hydrogens (tertiary/aromatic N) is 4. The number of piperazine rings is 1. The highest BCUT2D eigenvalue weighted by Crippen LogP contribution is 2.39. The minimum Gasteiger partial charge on any atom is -0.352 e. The zero-order valence-corrected chi connectivity index (χ0v) is 20.2. The number of nitrogens with one attached hydrogen (secondary N) is 1. The molecule has 0 bridgehead atoms. The van der Waals surface area contributed by atoms with Gasteiger partial charge in [-0.25, -0.2) is 14.4 Å². The van der Waals surface area contributed by atoms with Crippen LogP contribution in [0.5, 0.6) is 0 Å². The fraction of sp³-hybridized carbons (Fsp3) is 0.385. The van der Waals surface area contributed by atoms with Crippen molar-refractivity contribution in [3.63, 3.8) is 0 Å². The lowest BCUT2D eigenvalue weighted by Gasteiger charge is -2.40. The van der Waals surface area contributed by atoms with Gasteiger partial charge in [-0.05, 0) is 49.7 Å². The predicted octanol–water partition coefficient (Wildman–Crippen LogP) is 5.79. The summed E-state index contributed by atoms with van der Waals surface area (Å²) < 4.78 is 13.6. The zero-order chi connectivity index (χ0) is 22.9. The van der Waals surface area contributed by atoms with Gasteiger partial charge in [-0.3, -0.25) is 4.90 Å². The van der Waals surface area contributed by atoms with Gasteiger partial charge in [0.2, 0.25) is 0 Å². The van der Waals surface area contributed by atoms with Crippen molar-refractivity contribution in [2.24, 2.45) is 4.99 Å². The van der Waals surface area contributed by atoms with E-state index in [0.717, 1.165) is 71.0 Å². The lowest BCUT2D eigenvalue weighted by molar-refractivity contribution is 0.134. The predicted molar refractivity (Wildman–Crippen MR) is 135 cm³/mol. The van der Waals surface area contributed by atoms with Crippen LogP contribution in [0.15, 0.2) is 53.5 Å². The van der Waals surface area contributed by atoms with Crippen molar-refractivity contribution in [3.8, 4) is 0 Å². The Morgan fingerprint density at radius 1 is 1.15 bits per heavy atom. The number of halogens is 1. The second-order valence-corrected chi connectivity index (χ2v) is 10.2. The lowest BCUT2D eigenvalue weighted by atomic mass is 10.0. The molecule has 3 heterocycles. The first-order valence-electron chi connectivity index (χ1n) is 11.6. The van der Waals surface area contributed by atoms with E-state index in [1.54, 1.807) is 23.5 Å². The molecule has 1 fully saturated rings. The van der Waals surface area contributed by atoms with Gasteiger partial charge in [-0.1, -0.05) is 38.1 Å². The van der Waals surface area contributed by atoms with Crippen molar-refractivity contribution in [1.29, 1.82) is 0 Å². The van der Waals surface area contributed by atoms with Gasteiger partial charge < -0.3 is 10.2 Å². The Hall–Kier alpha value is -2.77. The first-order valence-corrected chi connectivity index (χ1v) is 12.4. The molecule has 2 aliphatic heterocycles. The van der Waals surface area contributed by atoms with E-state index in [4.69, 9.17) is 9.98 Å². The molecule has 1 aromatic heterocycles. The van der Waals surface area contributed by atoms with Crippen molar-refractivity contribution in [1.82, 2.24) is 14.8 Å². The van der Waals surface area contributed by atoms with Crippen molar-refractivity contribution in [3.05, 3.63) is 70.6 Å². The third-order valence-corrected chi connectivity index (χ3v) is 7.73. The number of likely N-dealkylation sites (N-methyl/N-ethyl adjacent to an activating group) is 1. The molecule has 1 saturated heterocycles. The average molecular weight is 464 g/mol. The lowest BCUT2D eigenvalue weighted by Crippen LogP contribution is -2.53. The minimum atomic E-state index is -0.165. The van der Waals surface area contributed by atoms with Crippen molar-refractivity contribution >= 4 is 33.5 Å². The van der Waals surface area contributed by atoms with Crippen LogP contribution in [0.1, 0.15) is 42.5 Å². The normalized spacial score (nSPS) is 18.4. The molecular weight excluding hydrogens is 433 g/mol. The Kier molecular flexibility index (Phi) is 6.17. The molecule has 3 aromatic rings. The summed E-state index contributed by atoms with van der Waals surface area (Å²) in [7, 11) is 2.19. The van der Waals surface area contributed by atoms with E-state index in [1.165, 1.54) is 6.07 Å². The van der Waals surface area contributed by atoms with Crippen LogP contribution < -0.4 is 5.32 Å². The maximum absolute atomic E-state index is 13.6. The summed E-state index contributed by atoms with van der Waals surface area (Å²) >= 11 is 1.72. The quantitative estimate of drug-likeness (QED) is 0.532. The smallest absolute Gasteiger partial charge is 0.158 e. The molecule has 1 N–H and O–H groups in total. The standard InChI is InChI=1S/C26H30FN5S/c1-17(2)25-30-23-24(28-21-9-4-5-10-22(21)29-26(23)33-25)32-14-13-31(3)20(16-32)12-11-18-7-6-8-19(27)15-18/h4-10,15,17,20,29H,11-14,16H2,1-3H3/t20-/m0/s1. The summed E-state index contributed by atoms with van der Waals surface area (Å²) in [6.45, 7) is 7.10. The molecule has 0 unspecified atom stereocenters. The summed E-state index contributed by atoms with van der Waals surface area (Å²) in [6.07, 6.45) is 1.83. The molecule has 0 radical (unpaired) electrons. The van der Waals surface area contributed by atoms with Crippen LogP contribution >= 0.6 is 11.3 Å². The number of fused-ring (bicyclic) bond motifs is 2. The highest BCUT2D eigenvalue weighted by molar-refractivity contribution is 7.16. The molecule has 7 heteroatoms. The number of para-hydroxylation sites is 2. The van der Waals surface area contributed by atoms with Gasteiger partial charge in [-0.15, -0.1) is 11.3 Å². The van der Waals surface area contributed by atoms with Crippen molar-refractivity contribution < 1.29 is 4.39 Å². The third kappa shape index (κ3) is 4.66. The molecule has 2 aromatic carbocycles. The number of anilines is 2. The molecule has 33 heavy (non-hydrogen) atoms. The molecule has 2 aliphatic rings. The maximum atomic E-state index is 13.6. The maximum Gasteiger partial charge on any atom is 0.158 e. The van der Waals surface area contributed by atoms with Crippen LogP contribution in [0.4, 0.5) is 20.8 Å². The largest absolute Gasteiger partial charge is 0.352 e. The summed E-state index contributed by atoms with van der Waals surface area (Å²) in [4.78, 5) is 15.0. The van der Waals surface area contributed by atoms with Crippen molar-refractivity contribution in [2.45, 2.75) is 38.6 Å². The number of rotatable bonds is 4. The third-order valence-electron chi connectivity index (χ3n) is 6.46. The van der Waals surface area contributed by atoms with Gasteiger partial charge in [-0.2, -0.15) is 0 Å². The van der Waals surface area contributed by atoms with Crippen LogP contribution in [0.25, 0.3) is 0 Å². The number of aliphatic imine (C=N–C) groups is 1. The van der Waals surface area contributed by atoms with Crippen LogP contribution in [0.3, 0.4) is 0 Å². The van der Waals surface area contributed by atoms with Crippen LogP contribution in [0, 0.1) is 5.82 Å². The number of hydrogen-bond acceptors (Lipinski definition) is 6. The summed E-state index contributed by atoms with van der Waals surface area (Å²) in [5, 5.41) is 5.78. The van der Waals surface area contributed by atoms with Gasteiger partial charge in [0.05, 0.1) is 16.4 Å². The number of aryl methyl sites for hydroxylation is 1. The van der Waals surface area contributed by atoms with Crippen LogP contribution in [-0.4, -0.2) is 53.3 Å². The van der Waals surface area contributed by atoms with Gasteiger partial charge >= 0.3 is 0 Å². The summed E-state index contributed by atoms with van der Waals surface area (Å²) in [5.74, 6) is 1.16. The SMILES string of the molecule is CC(C)c1nc2c(s1)Nc1ccccc1N=C2N1CCN(C)[C@@H](CCc2cccc(F)c2)C1. The van der Waals surface area contributed by atoms with E-state index in [1.807, 2.05) is 18.2 Å². The molecule has 172 valence electrons. The second-order valence-electron chi connectivity index (χ2n) is 9.21. The first kappa shape index (κ1) is 22.0. The highest BCUT2D eigenvalue weighted by atomic mass is 32.1. The highest BCUT2D eigenvalue weighted by Gasteiger charge is 2.31. The Labute approximate surface area is 199 Å². The number of amidine groups is 1. The Morgan fingerprint density at radius 2 is 2.00 bits per heavy atom. The van der Waals surface area contributed by atoms with E-state index >= 15 is 0 Å². The molecular formula is C26H30FN5S. The van der Waals surface area contributed by atoms with Gasteiger partial charge in [0, 0.05) is 31.6 Å². The number of aromatic nitrogens is 1. The van der Waals surface area contributed by atoms with Gasteiger partial charge in [0.1, 0.15) is 16.5 Å². The molecule has 0 amide bonds. The Morgan fingerprint density at radius 3 is 2.82 bits per heavy atom. The molecule has 0 saturated carbocycles. The summed E-state index contributed by atoms with van der Waals surface area (Å²) in [6, 6.07) is 15.5. The molecule has 5 nitrogen and oxygen atoms in total. The molecule has 5 rings (SSSR count). The Balaban J connectivity index is 1.43. The van der Waals surface area contributed by atoms with E-state index < -0.39 is 0 Å². The number of thiazole rings is 1. The fourth-order valence-electron chi connectivity index (χ4n) is 4.48. The van der Waals surface area contributed by atoms with E-state index in [-0.39, 0.29) is 5.82 Å². The van der Waals surface area contributed by atoms with Gasteiger partial charge in [0.15, 0.2) is 5.84 Å². The average Bonchev–Trinajstić information content (AvgIpc) is 3.15. The van der Waals surface area contributed by atoms with Crippen molar-refractivity contribution in [2.75, 3.05) is 32.0 Å². The van der Waals surface area contributed by atoms with Crippen LogP contribution in [0.2, 0.25) is 0 Å². The first-order chi connectivity index (χ1) is 16.0. The van der Waals surface area contributed by atoms with E-state index in [0.29, 0.717) is 12.0 Å². The number of benzene rings is 2. The van der Waals surface area contributed by atoms with Gasteiger partial charge in [0.25, 0.3) is 0 Å². The van der Waals surface area contributed by atoms with Crippen LogP contribution in [-0.2, 0) is 6.42 Å². The monoisotopic (exact) mass is 463 g/mol. The minimum absolute atomic E-state index is 0.165. The molecule has 0 aliphatic carbocycles. The summed E-state index contributed by atoms with van der Waals surface area (Å²) in [5.41, 5.74) is 3.96. The zero-order valence-electron chi connectivity index (χ0n) is 19.4. The second kappa shape index (κ2) is 9.23. The topological polar surface area (TPSA) is 43.8 Å². The fourth-order valence-corrected chi connectivity index (χ4v) is 5.46. The number of hydrogen-bond donors (Lipinski definition) is 1. The molecule has 1 atom stereocenters.